The molecule has 0 unspecified atom stereocenters. The molecule has 0 spiro atoms. The van der Waals surface area contributed by atoms with Crippen LogP contribution in [0, 0.1) is 11.3 Å². The van der Waals surface area contributed by atoms with E-state index in [1.165, 1.54) is 18.5 Å². The minimum absolute atomic E-state index is 0.0201. The molecule has 0 saturated carbocycles. The minimum Gasteiger partial charge on any atom is -0.390 e. The van der Waals surface area contributed by atoms with Gasteiger partial charge in [-0.1, -0.05) is 20.8 Å². The van der Waals surface area contributed by atoms with Crippen LogP contribution < -0.4 is 4.90 Å². The van der Waals surface area contributed by atoms with Gasteiger partial charge in [0.25, 0.3) is 0 Å². The summed E-state index contributed by atoms with van der Waals surface area (Å²) in [6, 6.07) is 4.04. The number of hydrogen-bond donors (Lipinski definition) is 1. The zero-order chi connectivity index (χ0) is 13.2. The van der Waals surface area contributed by atoms with Gasteiger partial charge in [0, 0.05) is 25.0 Å². The third-order valence-corrected chi connectivity index (χ3v) is 4.05. The van der Waals surface area contributed by atoms with E-state index in [1.807, 2.05) is 12.1 Å². The van der Waals surface area contributed by atoms with Crippen molar-refractivity contribution < 1.29 is 5.11 Å². The van der Waals surface area contributed by atoms with Crippen molar-refractivity contribution in [1.29, 1.82) is 0 Å². The van der Waals surface area contributed by atoms with E-state index in [-0.39, 0.29) is 6.61 Å². The molecule has 1 fully saturated rings. The maximum absolute atomic E-state index is 9.13. The average Bonchev–Trinajstić information content (AvgIpc) is 2.38. The van der Waals surface area contributed by atoms with Crippen LogP contribution in [0.25, 0.3) is 0 Å². The summed E-state index contributed by atoms with van der Waals surface area (Å²) in [5.74, 6) is 0.813. The molecule has 3 heteroatoms. The van der Waals surface area contributed by atoms with Crippen molar-refractivity contribution in [3.05, 3.63) is 24.0 Å². The van der Waals surface area contributed by atoms with Crippen molar-refractivity contribution in [3.8, 4) is 0 Å². The van der Waals surface area contributed by atoms with Crippen LogP contribution in [0.2, 0.25) is 0 Å². The number of rotatable bonds is 2. The molecule has 0 aromatic carbocycles. The predicted molar refractivity (Wildman–Crippen MR) is 74.6 cm³/mol. The van der Waals surface area contributed by atoms with Gasteiger partial charge in [0.15, 0.2) is 0 Å². The first-order chi connectivity index (χ1) is 8.50. The monoisotopic (exact) mass is 248 g/mol. The smallest absolute Gasteiger partial charge is 0.0853 e. The Bertz CT molecular complexity index is 390. The Morgan fingerprint density at radius 2 is 2.00 bits per heavy atom. The third-order valence-electron chi connectivity index (χ3n) is 4.05. The summed E-state index contributed by atoms with van der Waals surface area (Å²) in [5, 5.41) is 9.13. The van der Waals surface area contributed by atoms with Crippen molar-refractivity contribution in [2.75, 3.05) is 18.0 Å². The first-order valence-corrected chi connectivity index (χ1v) is 6.81. The number of anilines is 1. The van der Waals surface area contributed by atoms with E-state index in [0.29, 0.717) is 5.41 Å². The molecular weight excluding hydrogens is 224 g/mol. The summed E-state index contributed by atoms with van der Waals surface area (Å²) >= 11 is 0. The summed E-state index contributed by atoms with van der Waals surface area (Å²) in [6.07, 6.45) is 4.29. The van der Waals surface area contributed by atoms with Crippen LogP contribution in [0.15, 0.2) is 18.3 Å². The highest BCUT2D eigenvalue weighted by atomic mass is 16.3. The fourth-order valence-electron chi connectivity index (χ4n) is 2.75. The van der Waals surface area contributed by atoms with Gasteiger partial charge in [-0.25, -0.2) is 0 Å². The lowest BCUT2D eigenvalue weighted by Crippen LogP contribution is -2.38. The van der Waals surface area contributed by atoms with Crippen molar-refractivity contribution in [2.24, 2.45) is 11.3 Å². The molecular formula is C15H24N2O. The molecule has 0 aliphatic carbocycles. The van der Waals surface area contributed by atoms with Gasteiger partial charge in [0.1, 0.15) is 0 Å². The van der Waals surface area contributed by atoms with Crippen LogP contribution in [0.4, 0.5) is 5.69 Å². The number of hydrogen-bond acceptors (Lipinski definition) is 3. The van der Waals surface area contributed by atoms with Gasteiger partial charge in [-0.15, -0.1) is 0 Å². The summed E-state index contributed by atoms with van der Waals surface area (Å²) < 4.78 is 0. The molecule has 0 amide bonds. The summed E-state index contributed by atoms with van der Waals surface area (Å²) in [5.41, 5.74) is 2.37. The van der Waals surface area contributed by atoms with Gasteiger partial charge >= 0.3 is 0 Å². The van der Waals surface area contributed by atoms with Crippen molar-refractivity contribution in [1.82, 2.24) is 4.98 Å². The molecule has 1 aliphatic heterocycles. The molecule has 3 nitrogen and oxygen atoms in total. The number of aliphatic hydroxyl groups excluding tert-OH is 1. The maximum atomic E-state index is 9.13. The highest BCUT2D eigenvalue weighted by molar-refractivity contribution is 5.46. The zero-order valence-corrected chi connectivity index (χ0v) is 11.7. The van der Waals surface area contributed by atoms with Gasteiger partial charge in [0.05, 0.1) is 12.3 Å². The number of nitrogens with zero attached hydrogens (tertiary/aromatic N) is 2. The Hall–Kier alpha value is -1.09. The topological polar surface area (TPSA) is 36.4 Å². The summed E-state index contributed by atoms with van der Waals surface area (Å²) in [7, 11) is 0. The quantitative estimate of drug-likeness (QED) is 0.874. The number of aromatic nitrogens is 1. The first kappa shape index (κ1) is 13.3. The molecule has 18 heavy (non-hydrogen) atoms. The van der Waals surface area contributed by atoms with Gasteiger partial charge in [-0.2, -0.15) is 0 Å². The lowest BCUT2D eigenvalue weighted by Gasteiger charge is -2.39. The normalized spacial score (nSPS) is 18.1. The molecule has 0 atom stereocenters. The fraction of sp³-hybridized carbons (Fsp3) is 0.667. The van der Waals surface area contributed by atoms with Crippen molar-refractivity contribution in [3.63, 3.8) is 0 Å². The van der Waals surface area contributed by atoms with E-state index in [4.69, 9.17) is 5.11 Å². The van der Waals surface area contributed by atoms with Gasteiger partial charge in [0.2, 0.25) is 0 Å². The van der Waals surface area contributed by atoms with Crippen LogP contribution in [-0.4, -0.2) is 23.2 Å². The second-order valence-corrected chi connectivity index (χ2v) is 6.29. The Kier molecular flexibility index (Phi) is 3.91. The van der Waals surface area contributed by atoms with Gasteiger partial charge < -0.3 is 10.0 Å². The highest BCUT2D eigenvalue weighted by Gasteiger charge is 2.28. The number of piperidine rings is 1. The standard InChI is InChI=1S/C15H24N2O/c1-15(2,3)12-5-8-17(9-6-12)14-4-7-16-13(10-14)11-18/h4,7,10,12,18H,5-6,8-9,11H2,1-3H3. The number of aliphatic hydroxyl groups is 1. The molecule has 2 rings (SSSR count). The molecule has 2 heterocycles. The zero-order valence-electron chi connectivity index (χ0n) is 11.7. The van der Waals surface area contributed by atoms with Gasteiger partial charge in [-0.05, 0) is 36.3 Å². The van der Waals surface area contributed by atoms with Crippen LogP contribution >= 0.6 is 0 Å². The van der Waals surface area contributed by atoms with Gasteiger partial charge in [-0.3, -0.25) is 4.98 Å². The molecule has 1 aromatic rings. The molecule has 1 N–H and O–H groups in total. The van der Waals surface area contributed by atoms with E-state index < -0.39 is 0 Å². The first-order valence-electron chi connectivity index (χ1n) is 6.81. The van der Waals surface area contributed by atoms with E-state index in [0.717, 1.165) is 24.7 Å². The Morgan fingerprint density at radius 3 is 2.56 bits per heavy atom. The second kappa shape index (κ2) is 5.27. The molecule has 0 radical (unpaired) electrons. The Balaban J connectivity index is 2.01. The predicted octanol–water partition coefficient (Wildman–Crippen LogP) is 2.84. The molecule has 1 saturated heterocycles. The second-order valence-electron chi connectivity index (χ2n) is 6.29. The van der Waals surface area contributed by atoms with E-state index in [9.17, 15) is 0 Å². The van der Waals surface area contributed by atoms with Crippen LogP contribution in [0.1, 0.15) is 39.3 Å². The molecule has 0 bridgehead atoms. The van der Waals surface area contributed by atoms with E-state index >= 15 is 0 Å². The lowest BCUT2D eigenvalue weighted by molar-refractivity contribution is 0.199. The van der Waals surface area contributed by atoms with Crippen LogP contribution in [0.5, 0.6) is 0 Å². The van der Waals surface area contributed by atoms with Crippen molar-refractivity contribution >= 4 is 5.69 Å². The van der Waals surface area contributed by atoms with Crippen molar-refractivity contribution in [2.45, 2.75) is 40.2 Å². The summed E-state index contributed by atoms with van der Waals surface area (Å²) in [4.78, 5) is 6.54. The molecule has 1 aromatic heterocycles. The Labute approximate surface area is 110 Å². The fourth-order valence-corrected chi connectivity index (χ4v) is 2.75. The largest absolute Gasteiger partial charge is 0.390 e. The number of pyridine rings is 1. The van der Waals surface area contributed by atoms with E-state index in [1.54, 1.807) is 6.20 Å². The van der Waals surface area contributed by atoms with Crippen LogP contribution in [-0.2, 0) is 6.61 Å². The van der Waals surface area contributed by atoms with Crippen LogP contribution in [0.3, 0.4) is 0 Å². The minimum atomic E-state index is 0.0201. The van der Waals surface area contributed by atoms with E-state index in [2.05, 4.69) is 30.7 Å². The average molecular weight is 248 g/mol. The third kappa shape index (κ3) is 3.02. The SMILES string of the molecule is CC(C)(C)C1CCN(c2ccnc(CO)c2)CC1. The maximum Gasteiger partial charge on any atom is 0.0853 e. The summed E-state index contributed by atoms with van der Waals surface area (Å²) in [6.45, 7) is 9.25. The molecule has 100 valence electrons. The Morgan fingerprint density at radius 1 is 1.33 bits per heavy atom. The highest BCUT2D eigenvalue weighted by Crippen LogP contribution is 2.35. The molecule has 1 aliphatic rings. The lowest BCUT2D eigenvalue weighted by atomic mass is 9.75.